The quantitative estimate of drug-likeness (QED) is 0.0243. The summed E-state index contributed by atoms with van der Waals surface area (Å²) >= 11 is 0. The van der Waals surface area contributed by atoms with Gasteiger partial charge in [0.2, 0.25) is 5.91 Å². The van der Waals surface area contributed by atoms with Crippen LogP contribution in [0.4, 0.5) is 0 Å². The molecule has 0 aliphatic rings. The van der Waals surface area contributed by atoms with Gasteiger partial charge in [-0.15, -0.1) is 0 Å². The minimum atomic E-state index is -4.35. The number of amides is 1. The van der Waals surface area contributed by atoms with Gasteiger partial charge in [-0.3, -0.25) is 13.8 Å². The van der Waals surface area contributed by atoms with Gasteiger partial charge in [0.05, 0.1) is 39.9 Å². The number of carbonyl (C=O) groups is 1. The summed E-state index contributed by atoms with van der Waals surface area (Å²) in [5, 5.41) is 13.9. The van der Waals surface area contributed by atoms with Crippen LogP contribution >= 0.6 is 7.82 Å². The van der Waals surface area contributed by atoms with Crippen molar-refractivity contribution in [1.82, 2.24) is 5.32 Å². The maximum Gasteiger partial charge on any atom is 0.472 e. The molecule has 0 rings (SSSR count). The Morgan fingerprint density at radius 2 is 0.891 bits per heavy atom. The van der Waals surface area contributed by atoms with E-state index >= 15 is 0 Å². The molecule has 0 heterocycles. The molecule has 0 saturated carbocycles. The summed E-state index contributed by atoms with van der Waals surface area (Å²) in [6.07, 6.45) is 60.5. The highest BCUT2D eigenvalue weighted by molar-refractivity contribution is 7.47. The molecule has 0 spiro atoms. The summed E-state index contributed by atoms with van der Waals surface area (Å²) in [6, 6.07) is -0.852. The van der Waals surface area contributed by atoms with Crippen molar-refractivity contribution in [3.8, 4) is 0 Å². The normalized spacial score (nSPS) is 14.4. The third kappa shape index (κ3) is 48.4. The number of nitrogens with one attached hydrogen (secondary N) is 1. The van der Waals surface area contributed by atoms with Crippen LogP contribution in [-0.2, 0) is 18.4 Å². The number of aliphatic hydroxyl groups excluding tert-OH is 1. The molecule has 1 amide bonds. The monoisotopic (exact) mass is 922 g/mol. The van der Waals surface area contributed by atoms with E-state index in [4.69, 9.17) is 9.05 Å². The van der Waals surface area contributed by atoms with Gasteiger partial charge in [-0.1, -0.05) is 229 Å². The zero-order valence-corrected chi connectivity index (χ0v) is 43.7. The topological polar surface area (TPSA) is 105 Å². The summed E-state index contributed by atoms with van der Waals surface area (Å²) in [4.78, 5) is 23.3. The Bertz CT molecular complexity index is 1180. The van der Waals surface area contributed by atoms with Gasteiger partial charge >= 0.3 is 7.82 Å². The van der Waals surface area contributed by atoms with E-state index in [2.05, 4.69) is 55.6 Å². The Kier molecular flexibility index (Phi) is 45.4. The van der Waals surface area contributed by atoms with Gasteiger partial charge in [-0.2, -0.15) is 0 Å². The largest absolute Gasteiger partial charge is 0.472 e. The number of likely N-dealkylation sites (N-methyl/N-ethyl adjacent to an activating group) is 1. The molecule has 3 atom stereocenters. The van der Waals surface area contributed by atoms with Crippen LogP contribution in [0.2, 0.25) is 0 Å². The molecule has 0 aromatic rings. The molecular weight excluding hydrogens is 816 g/mol. The third-order valence-electron chi connectivity index (χ3n) is 12.0. The standard InChI is InChI=1S/C55H105N2O6P/c1-6-8-10-12-14-16-18-20-22-24-26-27-28-29-31-33-35-37-39-41-43-45-47-49-55(59)56-53(52-63-64(60,61)62-51-50-57(3,4)5)54(58)48-46-44-42-40-38-36-34-32-30-25-23-21-19-17-15-13-11-9-7-2/h18,20,24,26,28-29,46,48,53-54,58H,6-17,19,21-23,25,27,30-45,47,49-52H2,1-5H3,(H-,56,59,60,61)/p+1/b20-18-,26-24-,29-28-,48-46+. The number of carbonyl (C=O) groups excluding carboxylic acids is 1. The maximum atomic E-state index is 13.0. The second-order valence-corrected chi connectivity index (χ2v) is 21.1. The fourth-order valence-electron chi connectivity index (χ4n) is 7.76. The Balaban J connectivity index is 4.30. The molecule has 0 fully saturated rings. The Labute approximate surface area is 397 Å². The number of rotatable bonds is 49. The molecule has 3 unspecified atom stereocenters. The van der Waals surface area contributed by atoms with Crippen molar-refractivity contribution < 1.29 is 32.9 Å². The molecule has 0 radical (unpaired) electrons. The first-order chi connectivity index (χ1) is 31.0. The lowest BCUT2D eigenvalue weighted by Gasteiger charge is -2.25. The predicted octanol–water partition coefficient (Wildman–Crippen LogP) is 16.0. The molecule has 0 aliphatic carbocycles. The average molecular weight is 922 g/mol. The predicted molar refractivity (Wildman–Crippen MR) is 277 cm³/mol. The van der Waals surface area contributed by atoms with E-state index in [1.54, 1.807) is 6.08 Å². The first kappa shape index (κ1) is 62.5. The number of hydrogen-bond donors (Lipinski definition) is 3. The van der Waals surface area contributed by atoms with E-state index in [9.17, 15) is 19.4 Å². The molecule has 0 saturated heterocycles. The Morgan fingerprint density at radius 1 is 0.531 bits per heavy atom. The van der Waals surface area contributed by atoms with Crippen molar-refractivity contribution in [3.05, 3.63) is 48.6 Å². The lowest BCUT2D eigenvalue weighted by molar-refractivity contribution is -0.870. The number of aliphatic hydroxyl groups is 1. The second-order valence-electron chi connectivity index (χ2n) is 19.6. The highest BCUT2D eigenvalue weighted by Crippen LogP contribution is 2.43. The van der Waals surface area contributed by atoms with Gasteiger partial charge in [-0.05, 0) is 57.8 Å². The third-order valence-corrected chi connectivity index (χ3v) is 13.0. The van der Waals surface area contributed by atoms with Crippen LogP contribution in [0.15, 0.2) is 48.6 Å². The first-order valence-corrected chi connectivity index (χ1v) is 28.5. The van der Waals surface area contributed by atoms with Crippen molar-refractivity contribution in [2.45, 2.75) is 257 Å². The zero-order valence-electron chi connectivity index (χ0n) is 42.8. The number of phosphoric acid groups is 1. The van der Waals surface area contributed by atoms with Gasteiger partial charge < -0.3 is 19.8 Å². The highest BCUT2D eigenvalue weighted by atomic mass is 31.2. The number of unbranched alkanes of at least 4 members (excludes halogenated alkanes) is 30. The number of phosphoric ester groups is 1. The van der Waals surface area contributed by atoms with Gasteiger partial charge in [0.15, 0.2) is 0 Å². The summed E-state index contributed by atoms with van der Waals surface area (Å²) in [7, 11) is 1.57. The summed E-state index contributed by atoms with van der Waals surface area (Å²) < 4.78 is 23.7. The molecule has 8 nitrogen and oxygen atoms in total. The minimum absolute atomic E-state index is 0.0590. The van der Waals surface area contributed by atoms with Crippen molar-refractivity contribution >= 4 is 13.7 Å². The summed E-state index contributed by atoms with van der Waals surface area (Å²) in [6.45, 7) is 4.82. The van der Waals surface area contributed by atoms with Gasteiger partial charge in [0, 0.05) is 6.42 Å². The summed E-state index contributed by atoms with van der Waals surface area (Å²) in [5.41, 5.74) is 0. The lowest BCUT2D eigenvalue weighted by atomic mass is 10.0. The molecule has 64 heavy (non-hydrogen) atoms. The lowest BCUT2D eigenvalue weighted by Crippen LogP contribution is -2.45. The van der Waals surface area contributed by atoms with E-state index in [1.165, 1.54) is 167 Å². The number of hydrogen-bond acceptors (Lipinski definition) is 5. The van der Waals surface area contributed by atoms with Crippen LogP contribution < -0.4 is 5.32 Å². The van der Waals surface area contributed by atoms with Crippen LogP contribution in [0.3, 0.4) is 0 Å². The van der Waals surface area contributed by atoms with Crippen LogP contribution in [0.25, 0.3) is 0 Å². The van der Waals surface area contributed by atoms with Gasteiger partial charge in [-0.25, -0.2) is 4.57 Å². The van der Waals surface area contributed by atoms with E-state index < -0.39 is 20.0 Å². The van der Waals surface area contributed by atoms with Gasteiger partial charge in [0.1, 0.15) is 13.2 Å². The van der Waals surface area contributed by atoms with E-state index in [-0.39, 0.29) is 19.1 Å². The van der Waals surface area contributed by atoms with Crippen LogP contribution in [0.1, 0.15) is 245 Å². The molecule has 0 aliphatic heterocycles. The molecular formula is C55H106N2O6P+. The Hall–Kier alpha value is -1.54. The van der Waals surface area contributed by atoms with Crippen LogP contribution in [0, 0.1) is 0 Å². The van der Waals surface area contributed by atoms with E-state index in [0.29, 0.717) is 17.4 Å². The highest BCUT2D eigenvalue weighted by Gasteiger charge is 2.27. The van der Waals surface area contributed by atoms with Crippen molar-refractivity contribution in [2.75, 3.05) is 40.9 Å². The fraction of sp³-hybridized carbons (Fsp3) is 0.836. The number of quaternary nitrogens is 1. The number of allylic oxidation sites excluding steroid dienone is 7. The Morgan fingerprint density at radius 3 is 1.30 bits per heavy atom. The molecule has 0 aromatic carbocycles. The van der Waals surface area contributed by atoms with Crippen LogP contribution in [0.5, 0.6) is 0 Å². The van der Waals surface area contributed by atoms with E-state index in [1.807, 2.05) is 27.2 Å². The number of nitrogens with zero attached hydrogens (tertiary/aromatic N) is 1. The second kappa shape index (κ2) is 46.6. The molecule has 376 valence electrons. The summed E-state index contributed by atoms with van der Waals surface area (Å²) in [5.74, 6) is -0.184. The van der Waals surface area contributed by atoms with Crippen LogP contribution in [-0.4, -0.2) is 73.4 Å². The minimum Gasteiger partial charge on any atom is -0.387 e. The van der Waals surface area contributed by atoms with Crippen molar-refractivity contribution in [1.29, 1.82) is 0 Å². The molecule has 9 heteroatoms. The van der Waals surface area contributed by atoms with Crippen molar-refractivity contribution in [2.24, 2.45) is 0 Å². The van der Waals surface area contributed by atoms with Gasteiger partial charge in [0.25, 0.3) is 0 Å². The molecule has 0 bridgehead atoms. The van der Waals surface area contributed by atoms with E-state index in [0.717, 1.165) is 57.8 Å². The molecule has 3 N–H and O–H groups in total. The SMILES string of the molecule is CCCCCCC/C=C\C/C=C\C/C=C\CCCCCCCCCCC(=O)NC(COP(=O)(O)OCC[N+](C)(C)C)C(O)/C=C/CCCCCCCCCCCCCCCCCCC. The smallest absolute Gasteiger partial charge is 0.387 e. The average Bonchev–Trinajstić information content (AvgIpc) is 3.25. The maximum absolute atomic E-state index is 13.0. The zero-order chi connectivity index (χ0) is 47.1. The fourth-order valence-corrected chi connectivity index (χ4v) is 8.49. The molecule has 0 aromatic heterocycles. The first-order valence-electron chi connectivity index (χ1n) is 27.0. The van der Waals surface area contributed by atoms with Crippen molar-refractivity contribution in [3.63, 3.8) is 0 Å².